The summed E-state index contributed by atoms with van der Waals surface area (Å²) in [6.07, 6.45) is 1.78. The average molecular weight is 446 g/mol. The molecule has 0 spiro atoms. The van der Waals surface area contributed by atoms with Crippen molar-refractivity contribution in [2.75, 3.05) is 35.7 Å². The van der Waals surface area contributed by atoms with Crippen LogP contribution in [0.3, 0.4) is 0 Å². The highest BCUT2D eigenvalue weighted by Crippen LogP contribution is 2.35. The van der Waals surface area contributed by atoms with Crippen molar-refractivity contribution in [3.05, 3.63) is 53.6 Å². The molecule has 7 nitrogen and oxygen atoms in total. The lowest BCUT2D eigenvalue weighted by atomic mass is 10.1. The first-order valence-electron chi connectivity index (χ1n) is 9.58. The van der Waals surface area contributed by atoms with Gasteiger partial charge < -0.3 is 4.74 Å². The van der Waals surface area contributed by atoms with E-state index in [1.54, 1.807) is 30.2 Å². The summed E-state index contributed by atoms with van der Waals surface area (Å²) in [5, 5.41) is 0.616. The van der Waals surface area contributed by atoms with Crippen LogP contribution < -0.4 is 9.21 Å². The van der Waals surface area contributed by atoms with Crippen LogP contribution in [0, 0.1) is 0 Å². The van der Waals surface area contributed by atoms with Gasteiger partial charge in [0, 0.05) is 18.7 Å². The van der Waals surface area contributed by atoms with E-state index < -0.39 is 10.0 Å². The molecule has 0 fully saturated rings. The number of thiazole rings is 1. The Kier molecular flexibility index (Phi) is 5.52. The molecular weight excluding hydrogens is 422 g/mol. The minimum Gasteiger partial charge on any atom is -0.383 e. The van der Waals surface area contributed by atoms with E-state index in [0.717, 1.165) is 15.8 Å². The monoisotopic (exact) mass is 445 g/mol. The number of anilines is 2. The van der Waals surface area contributed by atoms with Crippen LogP contribution >= 0.6 is 11.3 Å². The summed E-state index contributed by atoms with van der Waals surface area (Å²) in [4.78, 5) is 19.6. The first-order chi connectivity index (χ1) is 14.3. The Morgan fingerprint density at radius 2 is 2.07 bits per heavy atom. The number of methoxy groups -OCH3 is 1. The summed E-state index contributed by atoms with van der Waals surface area (Å²) < 4.78 is 31.9. The number of aromatic nitrogens is 1. The number of nitrogens with zero attached hydrogens (tertiary/aromatic N) is 3. The van der Waals surface area contributed by atoms with Gasteiger partial charge in [-0.05, 0) is 49.2 Å². The second-order valence-corrected chi connectivity index (χ2v) is 10.2. The summed E-state index contributed by atoms with van der Waals surface area (Å²) in [6, 6.07) is 12.8. The number of benzene rings is 2. The van der Waals surface area contributed by atoms with Crippen molar-refractivity contribution in [2.24, 2.45) is 0 Å². The number of carbonyl (C=O) groups excluding carboxylic acids is 1. The van der Waals surface area contributed by atoms with Crippen LogP contribution in [0.1, 0.15) is 22.8 Å². The molecular formula is C21H23N3O4S2. The van der Waals surface area contributed by atoms with Crippen molar-refractivity contribution in [3.63, 3.8) is 0 Å². The fourth-order valence-electron chi connectivity index (χ4n) is 3.84. The zero-order chi connectivity index (χ0) is 21.5. The van der Waals surface area contributed by atoms with Crippen molar-refractivity contribution in [1.29, 1.82) is 0 Å². The third-order valence-electron chi connectivity index (χ3n) is 5.11. The van der Waals surface area contributed by atoms with Gasteiger partial charge in [-0.3, -0.25) is 14.0 Å². The second-order valence-electron chi connectivity index (χ2n) is 7.37. The maximum atomic E-state index is 13.4. The SMILES string of the molecule is COCCN(C(=O)c1ccc2c(c1)CC(C)N2S(C)(=O)=O)c1nc2ccccc2s1. The summed E-state index contributed by atoms with van der Waals surface area (Å²) in [7, 11) is -1.78. The van der Waals surface area contributed by atoms with E-state index in [9.17, 15) is 13.2 Å². The van der Waals surface area contributed by atoms with Crippen molar-refractivity contribution in [2.45, 2.75) is 19.4 Å². The third kappa shape index (κ3) is 3.80. The number of hydrogen-bond acceptors (Lipinski definition) is 6. The highest BCUT2D eigenvalue weighted by Gasteiger charge is 2.33. The Labute approximate surface area is 179 Å². The van der Waals surface area contributed by atoms with Gasteiger partial charge in [0.25, 0.3) is 5.91 Å². The molecule has 0 bridgehead atoms. The zero-order valence-electron chi connectivity index (χ0n) is 17.0. The molecule has 1 aliphatic rings. The number of amides is 1. The summed E-state index contributed by atoms with van der Waals surface area (Å²) in [5.74, 6) is -0.181. The smallest absolute Gasteiger partial charge is 0.260 e. The molecule has 2 aromatic carbocycles. The van der Waals surface area contributed by atoms with Gasteiger partial charge >= 0.3 is 0 Å². The molecule has 1 atom stereocenters. The Hall–Kier alpha value is -2.49. The molecule has 1 aromatic heterocycles. The van der Waals surface area contributed by atoms with Crippen molar-refractivity contribution in [3.8, 4) is 0 Å². The third-order valence-corrected chi connectivity index (χ3v) is 7.45. The summed E-state index contributed by atoms with van der Waals surface area (Å²) in [6.45, 7) is 2.62. The minimum absolute atomic E-state index is 0.172. The first kappa shape index (κ1) is 20.8. The molecule has 1 amide bonds. The van der Waals surface area contributed by atoms with Crippen LogP contribution in [0.25, 0.3) is 10.2 Å². The van der Waals surface area contributed by atoms with Gasteiger partial charge in [0.05, 0.1) is 35.3 Å². The lowest BCUT2D eigenvalue weighted by molar-refractivity contribution is 0.0976. The number of fused-ring (bicyclic) bond motifs is 2. The van der Waals surface area contributed by atoms with Crippen LogP contribution in [0.2, 0.25) is 0 Å². The van der Waals surface area contributed by atoms with Crippen LogP contribution in [0.15, 0.2) is 42.5 Å². The van der Waals surface area contributed by atoms with Crippen LogP contribution in [0.4, 0.5) is 10.8 Å². The number of rotatable bonds is 6. The van der Waals surface area contributed by atoms with Crippen molar-refractivity contribution >= 4 is 48.3 Å². The van der Waals surface area contributed by atoms with Crippen LogP contribution in [-0.4, -0.2) is 51.9 Å². The zero-order valence-corrected chi connectivity index (χ0v) is 18.7. The normalized spacial score (nSPS) is 16.1. The minimum atomic E-state index is -3.37. The summed E-state index contributed by atoms with van der Waals surface area (Å²) in [5.41, 5.74) is 2.85. The summed E-state index contributed by atoms with van der Waals surface area (Å²) >= 11 is 1.46. The van der Waals surface area contributed by atoms with Gasteiger partial charge in [-0.2, -0.15) is 0 Å². The molecule has 30 heavy (non-hydrogen) atoms. The Morgan fingerprint density at radius 1 is 1.30 bits per heavy atom. The van der Waals surface area contributed by atoms with Gasteiger partial charge in [-0.25, -0.2) is 13.4 Å². The second kappa shape index (κ2) is 7.98. The molecule has 4 rings (SSSR count). The largest absolute Gasteiger partial charge is 0.383 e. The predicted molar refractivity (Wildman–Crippen MR) is 120 cm³/mol. The maximum Gasteiger partial charge on any atom is 0.260 e. The molecule has 158 valence electrons. The predicted octanol–water partition coefficient (Wildman–Crippen LogP) is 3.30. The van der Waals surface area contributed by atoms with Crippen LogP contribution in [-0.2, 0) is 21.2 Å². The molecule has 0 saturated carbocycles. The standard InChI is InChI=1S/C21H23N3O4S2/c1-14-12-16-13-15(8-9-18(16)24(14)30(3,26)27)20(25)23(10-11-28-2)21-22-17-6-4-5-7-19(17)29-21/h4-9,13-14H,10-12H2,1-3H3. The number of carbonyl (C=O) groups is 1. The fraction of sp³-hybridized carbons (Fsp3) is 0.333. The van der Waals surface area contributed by atoms with Gasteiger partial charge in [0.2, 0.25) is 10.0 Å². The lowest BCUT2D eigenvalue weighted by Crippen LogP contribution is -2.34. The average Bonchev–Trinajstić information content (AvgIpc) is 3.26. The number of ether oxygens (including phenoxy) is 1. The Morgan fingerprint density at radius 3 is 2.77 bits per heavy atom. The number of para-hydroxylation sites is 1. The molecule has 1 aliphatic heterocycles. The van der Waals surface area contributed by atoms with E-state index in [2.05, 4.69) is 4.98 Å². The van der Waals surface area contributed by atoms with Gasteiger partial charge in [0.15, 0.2) is 5.13 Å². The Balaban J connectivity index is 1.70. The van der Waals surface area contributed by atoms with E-state index >= 15 is 0 Å². The van der Waals surface area contributed by atoms with E-state index in [4.69, 9.17) is 4.74 Å². The first-order valence-corrected chi connectivity index (χ1v) is 12.2. The molecule has 9 heteroatoms. The molecule has 2 heterocycles. The quantitative estimate of drug-likeness (QED) is 0.582. The molecule has 0 saturated heterocycles. The van der Waals surface area contributed by atoms with Crippen molar-refractivity contribution < 1.29 is 17.9 Å². The number of hydrogen-bond donors (Lipinski definition) is 0. The van der Waals surface area contributed by atoms with Crippen LogP contribution in [0.5, 0.6) is 0 Å². The number of sulfonamides is 1. The molecule has 0 N–H and O–H groups in total. The maximum absolute atomic E-state index is 13.4. The molecule has 0 radical (unpaired) electrons. The molecule has 1 unspecified atom stereocenters. The van der Waals surface area contributed by atoms with E-state index in [1.807, 2.05) is 31.2 Å². The van der Waals surface area contributed by atoms with E-state index in [-0.39, 0.29) is 11.9 Å². The van der Waals surface area contributed by atoms with Gasteiger partial charge in [-0.1, -0.05) is 23.5 Å². The highest BCUT2D eigenvalue weighted by molar-refractivity contribution is 7.92. The highest BCUT2D eigenvalue weighted by atomic mass is 32.2. The van der Waals surface area contributed by atoms with Crippen molar-refractivity contribution in [1.82, 2.24) is 4.98 Å². The van der Waals surface area contributed by atoms with Gasteiger partial charge in [-0.15, -0.1) is 0 Å². The van der Waals surface area contributed by atoms with E-state index in [1.165, 1.54) is 21.9 Å². The molecule has 0 aliphatic carbocycles. The fourth-order valence-corrected chi connectivity index (χ4v) is 6.09. The molecule has 3 aromatic rings. The van der Waals surface area contributed by atoms with E-state index in [0.29, 0.717) is 36.0 Å². The Bertz CT molecular complexity index is 1170. The van der Waals surface area contributed by atoms with Gasteiger partial charge in [0.1, 0.15) is 0 Å². The topological polar surface area (TPSA) is 79.8 Å². The lowest BCUT2D eigenvalue weighted by Gasteiger charge is -2.22.